The molecule has 0 amide bonds. The van der Waals surface area contributed by atoms with Crippen LogP contribution in [0, 0.1) is 6.92 Å². The first-order valence-electron chi connectivity index (χ1n) is 9.65. The average Bonchev–Trinajstić information content (AvgIpc) is 2.78. The van der Waals surface area contributed by atoms with Gasteiger partial charge in [0, 0.05) is 24.0 Å². The number of nitrogens with zero attached hydrogens (tertiary/aromatic N) is 4. The second-order valence-electron chi connectivity index (χ2n) is 4.63. The van der Waals surface area contributed by atoms with Crippen LogP contribution < -0.4 is 0 Å². The van der Waals surface area contributed by atoms with Gasteiger partial charge < -0.3 is 0 Å². The minimum Gasteiger partial charge on any atom is -0.253 e. The molecule has 0 radical (unpaired) electrons. The predicted molar refractivity (Wildman–Crippen MR) is 118 cm³/mol. The highest BCUT2D eigenvalue weighted by Crippen LogP contribution is 2.10. The van der Waals surface area contributed by atoms with Crippen molar-refractivity contribution in [2.45, 2.75) is 48.5 Å². The summed E-state index contributed by atoms with van der Waals surface area (Å²) in [5.74, 6) is 0. The fourth-order valence-corrected chi connectivity index (χ4v) is 2.01. The maximum absolute atomic E-state index is 4.12. The van der Waals surface area contributed by atoms with E-state index in [0.29, 0.717) is 0 Å². The highest BCUT2D eigenvalue weighted by Gasteiger charge is 1.91. The lowest BCUT2D eigenvalue weighted by molar-refractivity contribution is 1.22. The average molecular weight is 365 g/mol. The molecule has 0 saturated heterocycles. The van der Waals surface area contributed by atoms with Gasteiger partial charge in [-0.15, -0.1) is 0 Å². The summed E-state index contributed by atoms with van der Waals surface area (Å²) in [4.78, 5) is 16.3. The Balaban J connectivity index is 0.000000394. The first-order chi connectivity index (χ1) is 13.3. The number of hydrogen-bond acceptors (Lipinski definition) is 4. The first kappa shape index (κ1) is 24.1. The van der Waals surface area contributed by atoms with Gasteiger partial charge in [0.25, 0.3) is 0 Å². The van der Waals surface area contributed by atoms with E-state index in [-0.39, 0.29) is 0 Å². The lowest BCUT2D eigenvalue weighted by Gasteiger charge is -1.95. The number of benzene rings is 2. The van der Waals surface area contributed by atoms with Crippen LogP contribution >= 0.6 is 0 Å². The van der Waals surface area contributed by atoms with E-state index >= 15 is 0 Å². The first-order valence-corrected chi connectivity index (χ1v) is 9.65. The zero-order valence-electron chi connectivity index (χ0n) is 17.6. The molecule has 0 atom stereocenters. The molecular weight excluding hydrogens is 332 g/mol. The summed E-state index contributed by atoms with van der Waals surface area (Å²) in [6, 6.07) is 13.9. The molecule has 4 rings (SSSR count). The largest absolute Gasteiger partial charge is 0.253 e. The van der Waals surface area contributed by atoms with Crippen molar-refractivity contribution >= 4 is 21.9 Å². The van der Waals surface area contributed by atoms with Gasteiger partial charge in [0.05, 0.1) is 16.6 Å². The molecular formula is C23H32N4. The van der Waals surface area contributed by atoms with Gasteiger partial charge in [-0.25, -0.2) is 9.97 Å². The topological polar surface area (TPSA) is 51.6 Å². The van der Waals surface area contributed by atoms with Crippen molar-refractivity contribution in [3.05, 3.63) is 72.9 Å². The third-order valence-electron chi connectivity index (χ3n) is 3.04. The quantitative estimate of drug-likeness (QED) is 0.350. The van der Waals surface area contributed by atoms with E-state index in [4.69, 9.17) is 0 Å². The maximum atomic E-state index is 4.12. The lowest BCUT2D eigenvalue weighted by Crippen LogP contribution is -1.80. The summed E-state index contributed by atoms with van der Waals surface area (Å²) in [5, 5.41) is 1.10. The van der Waals surface area contributed by atoms with E-state index < -0.39 is 0 Å². The highest BCUT2D eigenvalue weighted by atomic mass is 14.8. The van der Waals surface area contributed by atoms with Gasteiger partial charge in [0.1, 0.15) is 6.33 Å². The van der Waals surface area contributed by atoms with Crippen LogP contribution in [0.2, 0.25) is 0 Å². The molecule has 0 spiro atoms. The Kier molecular flexibility index (Phi) is 13.7. The molecule has 2 aromatic heterocycles. The van der Waals surface area contributed by atoms with E-state index in [1.807, 2.05) is 78.1 Å². The van der Waals surface area contributed by atoms with Gasteiger partial charge in [-0.2, -0.15) is 0 Å². The fraction of sp³-hybridized carbons (Fsp3) is 0.304. The molecule has 4 aromatic rings. The second kappa shape index (κ2) is 15.4. The van der Waals surface area contributed by atoms with Crippen LogP contribution in [0.5, 0.6) is 0 Å². The van der Waals surface area contributed by atoms with Gasteiger partial charge >= 0.3 is 0 Å². The summed E-state index contributed by atoms with van der Waals surface area (Å²) in [7, 11) is 0. The molecule has 4 heteroatoms. The number of hydrogen-bond donors (Lipinski definition) is 0. The Morgan fingerprint density at radius 2 is 1.19 bits per heavy atom. The molecule has 144 valence electrons. The second-order valence-corrected chi connectivity index (χ2v) is 4.63. The molecule has 0 aliphatic heterocycles. The minimum atomic E-state index is 0.949. The molecule has 0 unspecified atom stereocenters. The van der Waals surface area contributed by atoms with E-state index in [1.165, 1.54) is 5.56 Å². The highest BCUT2D eigenvalue weighted by molar-refractivity contribution is 5.77. The Bertz CT molecular complexity index is 810. The van der Waals surface area contributed by atoms with Crippen LogP contribution in [0.1, 0.15) is 47.1 Å². The van der Waals surface area contributed by atoms with E-state index in [9.17, 15) is 0 Å². The summed E-state index contributed by atoms with van der Waals surface area (Å²) in [6.07, 6.45) is 6.79. The zero-order chi connectivity index (χ0) is 20.5. The molecule has 0 aliphatic rings. The van der Waals surface area contributed by atoms with Crippen LogP contribution in [0.4, 0.5) is 0 Å². The lowest BCUT2D eigenvalue weighted by atomic mass is 10.2. The minimum absolute atomic E-state index is 0.949. The van der Waals surface area contributed by atoms with Crippen molar-refractivity contribution in [1.82, 2.24) is 19.9 Å². The normalized spacial score (nSPS) is 8.56. The van der Waals surface area contributed by atoms with Crippen LogP contribution in [-0.4, -0.2) is 19.9 Å². The van der Waals surface area contributed by atoms with Crippen LogP contribution in [0.3, 0.4) is 0 Å². The Labute approximate surface area is 163 Å². The fourth-order valence-electron chi connectivity index (χ4n) is 2.01. The molecule has 2 aromatic carbocycles. The van der Waals surface area contributed by atoms with E-state index in [0.717, 1.165) is 21.9 Å². The van der Waals surface area contributed by atoms with Gasteiger partial charge in [-0.05, 0) is 31.2 Å². The number of aromatic nitrogens is 4. The monoisotopic (exact) mass is 364 g/mol. The molecule has 27 heavy (non-hydrogen) atoms. The van der Waals surface area contributed by atoms with Crippen molar-refractivity contribution in [2.75, 3.05) is 0 Å². The summed E-state index contributed by atoms with van der Waals surface area (Å²) in [6.45, 7) is 14.1. The molecule has 0 aliphatic carbocycles. The van der Waals surface area contributed by atoms with Gasteiger partial charge in [0.2, 0.25) is 0 Å². The smallest absolute Gasteiger partial charge is 0.116 e. The Morgan fingerprint density at radius 3 is 1.74 bits per heavy atom. The third kappa shape index (κ3) is 8.36. The van der Waals surface area contributed by atoms with Gasteiger partial charge in [0.15, 0.2) is 0 Å². The molecule has 0 N–H and O–H groups in total. The van der Waals surface area contributed by atoms with E-state index in [2.05, 4.69) is 39.0 Å². The standard InChI is InChI=1S/C9H8N2.C8H6N2.3C2H6/c1-7-2-3-9-8(4-7)5-10-6-11-9;1-2-4-8-7(3-1)9-5-6-10-8;3*1-2/h2-6H,1H3;1-6H;3*1-2H3. The van der Waals surface area contributed by atoms with E-state index in [1.54, 1.807) is 18.7 Å². The third-order valence-corrected chi connectivity index (χ3v) is 3.04. The van der Waals surface area contributed by atoms with Crippen molar-refractivity contribution in [2.24, 2.45) is 0 Å². The van der Waals surface area contributed by atoms with Crippen molar-refractivity contribution in [3.63, 3.8) is 0 Å². The summed E-state index contributed by atoms with van der Waals surface area (Å²) >= 11 is 0. The number of rotatable bonds is 0. The molecule has 0 bridgehead atoms. The zero-order valence-corrected chi connectivity index (χ0v) is 17.6. The summed E-state index contributed by atoms with van der Waals surface area (Å²) in [5.41, 5.74) is 4.15. The van der Waals surface area contributed by atoms with Crippen LogP contribution in [-0.2, 0) is 0 Å². The van der Waals surface area contributed by atoms with Crippen LogP contribution in [0.15, 0.2) is 67.4 Å². The Hall–Kier alpha value is -2.88. The van der Waals surface area contributed by atoms with Gasteiger partial charge in [-0.3, -0.25) is 9.97 Å². The molecule has 0 fully saturated rings. The maximum Gasteiger partial charge on any atom is 0.116 e. The van der Waals surface area contributed by atoms with Crippen molar-refractivity contribution in [3.8, 4) is 0 Å². The summed E-state index contributed by atoms with van der Waals surface area (Å²) < 4.78 is 0. The number of fused-ring (bicyclic) bond motifs is 2. The van der Waals surface area contributed by atoms with Crippen LogP contribution in [0.25, 0.3) is 21.9 Å². The SMILES string of the molecule is CC.CC.CC.Cc1ccc2ncncc2c1.c1ccc2nccnc2c1. The molecule has 4 nitrogen and oxygen atoms in total. The predicted octanol–water partition coefficient (Wildman–Crippen LogP) is 6.65. The Morgan fingerprint density at radius 1 is 0.630 bits per heavy atom. The number of aryl methyl sites for hydroxylation is 1. The van der Waals surface area contributed by atoms with Gasteiger partial charge in [-0.1, -0.05) is 65.3 Å². The number of para-hydroxylation sites is 2. The van der Waals surface area contributed by atoms with Crippen molar-refractivity contribution < 1.29 is 0 Å². The molecule has 0 saturated carbocycles. The molecule has 2 heterocycles. The van der Waals surface area contributed by atoms with Crippen molar-refractivity contribution in [1.29, 1.82) is 0 Å².